The Morgan fingerprint density at radius 3 is 2.61 bits per heavy atom. The van der Waals surface area contributed by atoms with Crippen LogP contribution in [0.1, 0.15) is 35.8 Å². The lowest BCUT2D eigenvalue weighted by Gasteiger charge is -2.27. The van der Waals surface area contributed by atoms with E-state index in [1.165, 1.54) is 0 Å². The number of nitrogens with one attached hydrogen (secondary N) is 1. The smallest absolute Gasteiger partial charge is 0.207 e. The van der Waals surface area contributed by atoms with Crippen LogP contribution in [0.4, 0.5) is 0 Å². The van der Waals surface area contributed by atoms with Crippen molar-refractivity contribution in [2.24, 2.45) is 5.73 Å². The van der Waals surface area contributed by atoms with Gasteiger partial charge in [-0.3, -0.25) is 4.79 Å². The lowest BCUT2D eigenvalue weighted by atomic mass is 9.90. The monoisotopic (exact) mass is 426 g/mol. The van der Waals surface area contributed by atoms with Crippen molar-refractivity contribution in [2.45, 2.75) is 42.9 Å². The zero-order chi connectivity index (χ0) is 21.8. The zero-order valence-corrected chi connectivity index (χ0v) is 18.0. The number of nitrogens with two attached hydrogens (primary N) is 1. The summed E-state index contributed by atoms with van der Waals surface area (Å²) in [6.45, 7) is 1.24. The average molecular weight is 427 g/mol. The highest BCUT2D eigenvalue weighted by Gasteiger charge is 2.58. The van der Waals surface area contributed by atoms with Crippen molar-refractivity contribution in [3.8, 4) is 17.2 Å². The van der Waals surface area contributed by atoms with Crippen molar-refractivity contribution >= 4 is 6.41 Å². The Morgan fingerprint density at radius 1 is 1.13 bits per heavy atom. The summed E-state index contributed by atoms with van der Waals surface area (Å²) in [5.41, 5.74) is 7.63. The topological polar surface area (TPSA) is 92.0 Å². The summed E-state index contributed by atoms with van der Waals surface area (Å²) in [4.78, 5) is 11.4. The van der Waals surface area contributed by atoms with E-state index in [-0.39, 0.29) is 30.1 Å². The van der Waals surface area contributed by atoms with E-state index in [1.54, 1.807) is 14.2 Å². The number of amides is 1. The predicted octanol–water partition coefficient (Wildman–Crippen LogP) is 2.58. The number of carbonyl (C=O) groups is 1. The van der Waals surface area contributed by atoms with Crippen molar-refractivity contribution in [1.29, 1.82) is 0 Å². The number of methoxy groups -OCH3 is 2. The Balaban J connectivity index is 1.70. The van der Waals surface area contributed by atoms with Crippen molar-refractivity contribution in [3.63, 3.8) is 0 Å². The first kappa shape index (κ1) is 21.5. The Labute approximate surface area is 182 Å². The van der Waals surface area contributed by atoms with Crippen LogP contribution in [0.15, 0.2) is 42.5 Å². The molecule has 1 heterocycles. The number of carbonyl (C=O) groups excluding carboxylic acids is 1. The number of ether oxygens (including phenoxy) is 4. The Bertz CT molecular complexity index is 891. The predicted molar refractivity (Wildman–Crippen MR) is 117 cm³/mol. The highest BCUT2D eigenvalue weighted by molar-refractivity contribution is 5.59. The van der Waals surface area contributed by atoms with Gasteiger partial charge >= 0.3 is 0 Å². The summed E-state index contributed by atoms with van der Waals surface area (Å²) >= 11 is 0. The summed E-state index contributed by atoms with van der Waals surface area (Å²) in [7, 11) is 3.32. The van der Waals surface area contributed by atoms with Crippen LogP contribution < -0.4 is 25.3 Å². The summed E-state index contributed by atoms with van der Waals surface area (Å²) in [5, 5.41) is 2.98. The number of benzene rings is 2. The van der Waals surface area contributed by atoms with Crippen LogP contribution >= 0.6 is 0 Å². The maximum atomic E-state index is 11.4. The lowest BCUT2D eigenvalue weighted by Crippen LogP contribution is -2.41. The molecule has 31 heavy (non-hydrogen) atoms. The molecule has 166 valence electrons. The summed E-state index contributed by atoms with van der Waals surface area (Å²) < 4.78 is 24.1. The second-order valence-corrected chi connectivity index (χ2v) is 7.94. The molecule has 7 heteroatoms. The van der Waals surface area contributed by atoms with Gasteiger partial charge in [-0.25, -0.2) is 0 Å². The Morgan fingerprint density at radius 2 is 1.94 bits per heavy atom. The van der Waals surface area contributed by atoms with E-state index in [9.17, 15) is 4.79 Å². The van der Waals surface area contributed by atoms with Crippen molar-refractivity contribution in [3.05, 3.63) is 53.6 Å². The van der Waals surface area contributed by atoms with Crippen LogP contribution in [-0.4, -0.2) is 52.0 Å². The molecule has 0 saturated heterocycles. The Hall–Kier alpha value is -2.77. The number of fused-ring (bicyclic) bond motifs is 3. The summed E-state index contributed by atoms with van der Waals surface area (Å²) in [5.74, 6) is 2.02. The van der Waals surface area contributed by atoms with E-state index in [1.807, 2.05) is 30.3 Å². The molecule has 0 bridgehead atoms. The molecule has 1 saturated carbocycles. The number of unbranched alkanes of at least 4 members (excludes halogenated alkanes) is 1. The fourth-order valence-electron chi connectivity index (χ4n) is 5.00. The van der Waals surface area contributed by atoms with Gasteiger partial charge in [-0.15, -0.1) is 0 Å². The quantitative estimate of drug-likeness (QED) is 0.448. The molecule has 0 spiro atoms. The van der Waals surface area contributed by atoms with Crippen LogP contribution in [0.5, 0.6) is 17.2 Å². The van der Waals surface area contributed by atoms with E-state index in [2.05, 4.69) is 17.4 Å². The molecule has 5 atom stereocenters. The third-order valence-corrected chi connectivity index (χ3v) is 6.28. The van der Waals surface area contributed by atoms with E-state index in [0.29, 0.717) is 24.7 Å². The van der Waals surface area contributed by atoms with E-state index in [0.717, 1.165) is 36.1 Å². The molecule has 2 aromatic carbocycles. The third-order valence-electron chi connectivity index (χ3n) is 6.28. The SMILES string of the molecule is COc1cc(OCCCCN)cc2c1C1C(OC)C(NC=O)[C@@H](c3ccccc3)C1O2. The molecule has 4 unspecified atom stereocenters. The van der Waals surface area contributed by atoms with Gasteiger partial charge < -0.3 is 30.0 Å². The van der Waals surface area contributed by atoms with Crippen LogP contribution in [0.25, 0.3) is 0 Å². The Kier molecular flexibility index (Phi) is 6.63. The fourth-order valence-corrected chi connectivity index (χ4v) is 5.00. The maximum Gasteiger partial charge on any atom is 0.207 e. The second-order valence-electron chi connectivity index (χ2n) is 7.94. The molecule has 0 aromatic heterocycles. The molecule has 1 aliphatic carbocycles. The van der Waals surface area contributed by atoms with Crippen LogP contribution in [-0.2, 0) is 9.53 Å². The first-order valence-corrected chi connectivity index (χ1v) is 10.7. The van der Waals surface area contributed by atoms with Gasteiger partial charge in [0.2, 0.25) is 6.41 Å². The van der Waals surface area contributed by atoms with E-state index >= 15 is 0 Å². The van der Waals surface area contributed by atoms with Crippen molar-refractivity contribution in [1.82, 2.24) is 5.32 Å². The molecule has 1 fully saturated rings. The summed E-state index contributed by atoms with van der Waals surface area (Å²) in [6.07, 6.45) is 2.10. The molecule has 0 radical (unpaired) electrons. The minimum Gasteiger partial charge on any atom is -0.496 e. The van der Waals surface area contributed by atoms with Gasteiger partial charge in [-0.2, -0.15) is 0 Å². The minimum atomic E-state index is -0.258. The third kappa shape index (κ3) is 3.95. The largest absolute Gasteiger partial charge is 0.496 e. The lowest BCUT2D eigenvalue weighted by molar-refractivity contribution is -0.111. The number of rotatable bonds is 10. The van der Waals surface area contributed by atoms with Gasteiger partial charge in [0, 0.05) is 30.7 Å². The molecule has 4 rings (SSSR count). The van der Waals surface area contributed by atoms with Crippen molar-refractivity contribution < 1.29 is 23.7 Å². The zero-order valence-electron chi connectivity index (χ0n) is 18.0. The molecule has 1 amide bonds. The van der Waals surface area contributed by atoms with Gasteiger partial charge in [0.05, 0.1) is 31.8 Å². The van der Waals surface area contributed by atoms with Gasteiger partial charge in [0.25, 0.3) is 0 Å². The second kappa shape index (κ2) is 9.58. The van der Waals surface area contributed by atoms with Crippen LogP contribution in [0.2, 0.25) is 0 Å². The highest BCUT2D eigenvalue weighted by atomic mass is 16.5. The molecular weight excluding hydrogens is 396 g/mol. The minimum absolute atomic E-state index is 0.0626. The molecule has 3 N–H and O–H groups in total. The molecular formula is C24H30N2O5. The summed E-state index contributed by atoms with van der Waals surface area (Å²) in [6, 6.07) is 13.7. The standard InChI is InChI=1S/C24H30N2O5/c1-28-17-12-16(30-11-7-6-10-25)13-18-20(17)21-23(31-18)19(15-8-4-3-5-9-15)22(26-14-27)24(21)29-2/h3-5,8-9,12-14,19,21-24H,6-7,10-11,25H2,1-2H3,(H,26,27)/t19-,21?,22?,23?,24?/m1/s1. The molecule has 2 aromatic rings. The van der Waals surface area contributed by atoms with Gasteiger partial charge in [0.15, 0.2) is 0 Å². The fraction of sp³-hybridized carbons (Fsp3) is 0.458. The van der Waals surface area contributed by atoms with Crippen LogP contribution in [0.3, 0.4) is 0 Å². The first-order valence-electron chi connectivity index (χ1n) is 10.7. The average Bonchev–Trinajstić information content (AvgIpc) is 3.30. The molecule has 1 aliphatic heterocycles. The van der Waals surface area contributed by atoms with Gasteiger partial charge in [-0.05, 0) is 24.9 Å². The van der Waals surface area contributed by atoms with E-state index < -0.39 is 0 Å². The van der Waals surface area contributed by atoms with E-state index in [4.69, 9.17) is 24.7 Å². The number of hydrogen-bond acceptors (Lipinski definition) is 6. The maximum absolute atomic E-state index is 11.4. The van der Waals surface area contributed by atoms with Crippen molar-refractivity contribution in [2.75, 3.05) is 27.4 Å². The normalized spacial score (nSPS) is 26.0. The first-order chi connectivity index (χ1) is 15.2. The van der Waals surface area contributed by atoms with Gasteiger partial charge in [-0.1, -0.05) is 30.3 Å². The molecule has 2 aliphatic rings. The molecule has 7 nitrogen and oxygen atoms in total. The van der Waals surface area contributed by atoms with Crippen LogP contribution in [0, 0.1) is 0 Å². The van der Waals surface area contributed by atoms with Gasteiger partial charge in [0.1, 0.15) is 23.4 Å². The highest BCUT2D eigenvalue weighted by Crippen LogP contribution is 2.57. The number of hydrogen-bond donors (Lipinski definition) is 2.